The van der Waals surface area contributed by atoms with Crippen LogP contribution in [0.2, 0.25) is 0 Å². The third-order valence-electron chi connectivity index (χ3n) is 3.32. The molecule has 0 heterocycles. The lowest BCUT2D eigenvalue weighted by molar-refractivity contribution is 0.384. The van der Waals surface area contributed by atoms with Gasteiger partial charge in [-0.3, -0.25) is 0 Å². The van der Waals surface area contributed by atoms with Gasteiger partial charge in [-0.2, -0.15) is 0 Å². The van der Waals surface area contributed by atoms with E-state index in [1.165, 1.54) is 11.1 Å². The van der Waals surface area contributed by atoms with Crippen LogP contribution in [0.3, 0.4) is 0 Å². The van der Waals surface area contributed by atoms with E-state index in [1.807, 2.05) is 0 Å². The maximum absolute atomic E-state index is 5.48. The molecule has 0 fully saturated rings. The van der Waals surface area contributed by atoms with E-state index < -0.39 is 0 Å². The Balaban J connectivity index is 3.16. The van der Waals surface area contributed by atoms with Crippen LogP contribution in [0.1, 0.15) is 36.7 Å². The molecule has 0 amide bonds. The summed E-state index contributed by atoms with van der Waals surface area (Å²) in [5, 5.41) is 0. The zero-order valence-electron chi connectivity index (χ0n) is 11.1. The largest absolute Gasteiger partial charge is 0.496 e. The molecule has 96 valence electrons. The van der Waals surface area contributed by atoms with E-state index in [-0.39, 0.29) is 0 Å². The summed E-state index contributed by atoms with van der Waals surface area (Å²) in [5.74, 6) is 2.14. The summed E-state index contributed by atoms with van der Waals surface area (Å²) >= 11 is 7.39. The van der Waals surface area contributed by atoms with Gasteiger partial charge in [-0.1, -0.05) is 52.6 Å². The Bertz CT molecular complexity index is 388. The van der Waals surface area contributed by atoms with Crippen LogP contribution in [0, 0.1) is 18.8 Å². The van der Waals surface area contributed by atoms with Crippen LogP contribution >= 0.6 is 31.9 Å². The maximum Gasteiger partial charge on any atom is 0.123 e. The summed E-state index contributed by atoms with van der Waals surface area (Å²) < 4.78 is 6.61. The van der Waals surface area contributed by atoms with Gasteiger partial charge in [0.15, 0.2) is 0 Å². The van der Waals surface area contributed by atoms with E-state index in [0.29, 0.717) is 16.7 Å². The second-order valence-electron chi connectivity index (χ2n) is 4.85. The van der Waals surface area contributed by atoms with Crippen molar-refractivity contribution in [3.05, 3.63) is 27.7 Å². The highest BCUT2D eigenvalue weighted by molar-refractivity contribution is 9.10. The third-order valence-corrected chi connectivity index (χ3v) is 5.50. The maximum atomic E-state index is 5.48. The molecule has 1 rings (SSSR count). The predicted molar refractivity (Wildman–Crippen MR) is 81.1 cm³/mol. The van der Waals surface area contributed by atoms with Gasteiger partial charge in [-0.15, -0.1) is 0 Å². The fourth-order valence-corrected chi connectivity index (χ4v) is 3.01. The molecule has 0 radical (unpaired) electrons. The Morgan fingerprint density at radius 1 is 1.18 bits per heavy atom. The number of rotatable bonds is 4. The molecule has 1 aromatic rings. The van der Waals surface area contributed by atoms with Gasteiger partial charge in [0, 0.05) is 14.9 Å². The van der Waals surface area contributed by atoms with Gasteiger partial charge in [0.05, 0.1) is 7.11 Å². The number of alkyl halides is 1. The molecule has 2 atom stereocenters. The highest BCUT2D eigenvalue weighted by Crippen LogP contribution is 2.41. The molecule has 0 saturated carbocycles. The summed E-state index contributed by atoms with van der Waals surface area (Å²) in [5.41, 5.74) is 2.41. The monoisotopic (exact) mass is 362 g/mol. The number of halogens is 2. The third kappa shape index (κ3) is 3.47. The molecule has 0 aliphatic heterocycles. The van der Waals surface area contributed by atoms with Crippen LogP contribution in [0.25, 0.3) is 0 Å². The molecule has 0 N–H and O–H groups in total. The first kappa shape index (κ1) is 15.0. The topological polar surface area (TPSA) is 9.23 Å². The normalized spacial score (nSPS) is 14.8. The predicted octanol–water partition coefficient (Wildman–Crippen LogP) is 5.49. The first-order chi connectivity index (χ1) is 7.88. The number of hydrogen-bond acceptors (Lipinski definition) is 1. The highest BCUT2D eigenvalue weighted by Gasteiger charge is 2.23. The first-order valence-electron chi connectivity index (χ1n) is 5.86. The van der Waals surface area contributed by atoms with E-state index in [9.17, 15) is 0 Å². The van der Waals surface area contributed by atoms with Crippen LogP contribution in [0.4, 0.5) is 0 Å². The number of methoxy groups -OCH3 is 1. The van der Waals surface area contributed by atoms with Crippen LogP contribution in [0.5, 0.6) is 5.75 Å². The Hall–Kier alpha value is -0.0200. The fourth-order valence-electron chi connectivity index (χ4n) is 1.68. The van der Waals surface area contributed by atoms with Crippen molar-refractivity contribution in [3.8, 4) is 5.75 Å². The Labute approximate surface area is 121 Å². The Morgan fingerprint density at radius 2 is 1.76 bits per heavy atom. The molecule has 1 aromatic carbocycles. The smallest absolute Gasteiger partial charge is 0.123 e. The van der Waals surface area contributed by atoms with Crippen molar-refractivity contribution in [3.63, 3.8) is 0 Å². The van der Waals surface area contributed by atoms with E-state index in [4.69, 9.17) is 4.74 Å². The molecular formula is C14H20Br2O. The van der Waals surface area contributed by atoms with Gasteiger partial charge in [-0.25, -0.2) is 0 Å². The lowest BCUT2D eigenvalue weighted by atomic mass is 9.90. The average molecular weight is 364 g/mol. The lowest BCUT2D eigenvalue weighted by Gasteiger charge is -2.24. The molecule has 0 bridgehead atoms. The molecule has 3 heteroatoms. The minimum atomic E-state index is 0.314. The summed E-state index contributed by atoms with van der Waals surface area (Å²) in [4.78, 5) is 0.314. The van der Waals surface area contributed by atoms with Gasteiger partial charge in [0.25, 0.3) is 0 Å². The van der Waals surface area contributed by atoms with Crippen molar-refractivity contribution >= 4 is 31.9 Å². The van der Waals surface area contributed by atoms with Crippen LogP contribution < -0.4 is 4.74 Å². The van der Waals surface area contributed by atoms with E-state index in [2.05, 4.69) is 71.7 Å². The van der Waals surface area contributed by atoms with Gasteiger partial charge in [-0.05, 0) is 36.5 Å². The van der Waals surface area contributed by atoms with Gasteiger partial charge >= 0.3 is 0 Å². The van der Waals surface area contributed by atoms with E-state index >= 15 is 0 Å². The van der Waals surface area contributed by atoms with Crippen molar-refractivity contribution < 1.29 is 4.74 Å². The molecule has 2 unspecified atom stereocenters. The summed E-state index contributed by atoms with van der Waals surface area (Å²) in [6.07, 6.45) is 0. The second-order valence-corrected chi connectivity index (χ2v) is 6.69. The minimum Gasteiger partial charge on any atom is -0.496 e. The summed E-state index contributed by atoms with van der Waals surface area (Å²) in [7, 11) is 1.73. The quantitative estimate of drug-likeness (QED) is 0.642. The fraction of sp³-hybridized carbons (Fsp3) is 0.571. The summed E-state index contributed by atoms with van der Waals surface area (Å²) in [6.45, 7) is 8.83. The SMILES string of the molecule is COc1cc(C)c(Br)cc1C(Br)C(C)C(C)C. The van der Waals surface area contributed by atoms with Crippen molar-refractivity contribution in [2.45, 2.75) is 32.5 Å². The first-order valence-corrected chi connectivity index (χ1v) is 7.57. The zero-order valence-corrected chi connectivity index (χ0v) is 14.2. The number of benzene rings is 1. The highest BCUT2D eigenvalue weighted by atomic mass is 79.9. The van der Waals surface area contributed by atoms with Crippen molar-refractivity contribution in [2.75, 3.05) is 7.11 Å². The van der Waals surface area contributed by atoms with Gasteiger partial charge in [0.1, 0.15) is 5.75 Å². The van der Waals surface area contributed by atoms with Crippen LogP contribution in [0.15, 0.2) is 16.6 Å². The standard InChI is InChI=1S/C14H20Br2O/c1-8(2)10(4)14(16)11-7-12(15)9(3)6-13(11)17-5/h6-8,10,14H,1-5H3. The molecule has 0 aliphatic carbocycles. The van der Waals surface area contributed by atoms with E-state index in [0.717, 1.165) is 10.2 Å². The van der Waals surface area contributed by atoms with Crippen LogP contribution in [-0.4, -0.2) is 7.11 Å². The number of hydrogen-bond donors (Lipinski definition) is 0. The lowest BCUT2D eigenvalue weighted by Crippen LogP contribution is -2.11. The Kier molecular flexibility index (Phi) is 5.52. The Morgan fingerprint density at radius 3 is 2.24 bits per heavy atom. The zero-order chi connectivity index (χ0) is 13.2. The minimum absolute atomic E-state index is 0.314. The van der Waals surface area contributed by atoms with Gasteiger partial charge in [0.2, 0.25) is 0 Å². The molecule has 0 aromatic heterocycles. The second kappa shape index (κ2) is 6.24. The average Bonchev–Trinajstić information content (AvgIpc) is 2.29. The molecule has 0 saturated heterocycles. The molecule has 1 nitrogen and oxygen atoms in total. The van der Waals surface area contributed by atoms with Crippen molar-refractivity contribution in [1.82, 2.24) is 0 Å². The molecule has 0 aliphatic rings. The molecule has 17 heavy (non-hydrogen) atoms. The van der Waals surface area contributed by atoms with Crippen molar-refractivity contribution in [1.29, 1.82) is 0 Å². The van der Waals surface area contributed by atoms with Gasteiger partial charge < -0.3 is 4.74 Å². The molecule has 0 spiro atoms. The van der Waals surface area contributed by atoms with Crippen LogP contribution in [-0.2, 0) is 0 Å². The summed E-state index contributed by atoms with van der Waals surface area (Å²) in [6, 6.07) is 4.24. The number of aryl methyl sites for hydroxylation is 1. The molecular weight excluding hydrogens is 344 g/mol. The number of ether oxygens (including phenoxy) is 1. The van der Waals surface area contributed by atoms with Crippen molar-refractivity contribution in [2.24, 2.45) is 11.8 Å². The van der Waals surface area contributed by atoms with E-state index in [1.54, 1.807) is 7.11 Å².